The number of hydrogen-bond donors (Lipinski definition) is 2. The number of benzene rings is 1. The molecule has 1 aromatic rings. The second-order valence-electron chi connectivity index (χ2n) is 5.20. The molecule has 0 unspecified atom stereocenters. The molecule has 1 rings (SSSR count). The van der Waals surface area contributed by atoms with Crippen LogP contribution < -0.4 is 20.1 Å². The first-order valence-electron chi connectivity index (χ1n) is 7.40. The lowest BCUT2D eigenvalue weighted by Crippen LogP contribution is -2.38. The highest BCUT2D eigenvalue weighted by Gasteiger charge is 2.05. The van der Waals surface area contributed by atoms with Gasteiger partial charge in [0.15, 0.2) is 17.5 Å². The van der Waals surface area contributed by atoms with Crippen LogP contribution in [-0.2, 0) is 6.54 Å². The molecule has 0 aromatic heterocycles. The molecule has 0 spiro atoms. The molecule has 1 aromatic carbocycles. The third kappa shape index (κ3) is 6.22. The van der Waals surface area contributed by atoms with Crippen molar-refractivity contribution in [3.8, 4) is 11.5 Å². The monoisotopic (exact) mass is 308 g/mol. The van der Waals surface area contributed by atoms with Gasteiger partial charge in [0.1, 0.15) is 0 Å². The van der Waals surface area contributed by atoms with E-state index in [0.29, 0.717) is 6.54 Å². The van der Waals surface area contributed by atoms with Crippen molar-refractivity contribution >= 4 is 5.96 Å². The number of guanidine groups is 1. The molecule has 6 nitrogen and oxygen atoms in total. The lowest BCUT2D eigenvalue weighted by molar-refractivity contribution is 0.354. The van der Waals surface area contributed by atoms with Gasteiger partial charge in [-0.05, 0) is 44.8 Å². The summed E-state index contributed by atoms with van der Waals surface area (Å²) in [6.45, 7) is 2.62. The fraction of sp³-hybridized carbons (Fsp3) is 0.562. The van der Waals surface area contributed by atoms with Crippen molar-refractivity contribution in [3.63, 3.8) is 0 Å². The van der Waals surface area contributed by atoms with E-state index in [1.165, 1.54) is 0 Å². The van der Waals surface area contributed by atoms with E-state index >= 15 is 0 Å². The van der Waals surface area contributed by atoms with E-state index in [-0.39, 0.29) is 0 Å². The van der Waals surface area contributed by atoms with E-state index in [9.17, 15) is 0 Å². The van der Waals surface area contributed by atoms with Gasteiger partial charge in [-0.2, -0.15) is 0 Å². The standard InChI is InChI=1S/C16H28N4O2/c1-17-16(18-9-6-10-20(2)3)19-12-13-7-8-14(21-4)15(11-13)22-5/h7-8,11H,6,9-10,12H2,1-5H3,(H2,17,18,19). The fourth-order valence-corrected chi connectivity index (χ4v) is 2.00. The van der Waals surface area contributed by atoms with E-state index in [4.69, 9.17) is 9.47 Å². The van der Waals surface area contributed by atoms with Gasteiger partial charge in [0.2, 0.25) is 0 Å². The number of ether oxygens (including phenoxy) is 2. The van der Waals surface area contributed by atoms with Gasteiger partial charge >= 0.3 is 0 Å². The maximum Gasteiger partial charge on any atom is 0.191 e. The first-order chi connectivity index (χ1) is 10.6. The average Bonchev–Trinajstić information content (AvgIpc) is 2.53. The topological polar surface area (TPSA) is 58.1 Å². The minimum Gasteiger partial charge on any atom is -0.493 e. The zero-order chi connectivity index (χ0) is 16.4. The lowest BCUT2D eigenvalue weighted by atomic mass is 10.2. The molecule has 2 N–H and O–H groups in total. The van der Waals surface area contributed by atoms with Gasteiger partial charge in [-0.15, -0.1) is 0 Å². The minimum absolute atomic E-state index is 0.674. The number of methoxy groups -OCH3 is 2. The minimum atomic E-state index is 0.674. The highest BCUT2D eigenvalue weighted by Crippen LogP contribution is 2.27. The van der Waals surface area contributed by atoms with Crippen LogP contribution in [-0.4, -0.2) is 59.3 Å². The first kappa shape index (κ1) is 18.1. The van der Waals surface area contributed by atoms with Crippen LogP contribution in [0.15, 0.2) is 23.2 Å². The van der Waals surface area contributed by atoms with Crippen LogP contribution >= 0.6 is 0 Å². The van der Waals surface area contributed by atoms with Crippen LogP contribution in [0.2, 0.25) is 0 Å². The van der Waals surface area contributed by atoms with E-state index in [2.05, 4.69) is 34.6 Å². The molecule has 0 heterocycles. The van der Waals surface area contributed by atoms with Crippen LogP contribution in [0.1, 0.15) is 12.0 Å². The van der Waals surface area contributed by atoms with Crippen molar-refractivity contribution in [2.24, 2.45) is 4.99 Å². The molecule has 0 aliphatic carbocycles. The van der Waals surface area contributed by atoms with Crippen molar-refractivity contribution in [2.75, 3.05) is 48.5 Å². The second-order valence-corrected chi connectivity index (χ2v) is 5.20. The summed E-state index contributed by atoms with van der Waals surface area (Å²) in [6, 6.07) is 5.88. The molecule has 0 aliphatic heterocycles. The van der Waals surface area contributed by atoms with Crippen LogP contribution in [0.4, 0.5) is 0 Å². The van der Waals surface area contributed by atoms with Gasteiger partial charge in [-0.25, -0.2) is 0 Å². The number of rotatable bonds is 8. The van der Waals surface area contributed by atoms with Crippen molar-refractivity contribution in [2.45, 2.75) is 13.0 Å². The van der Waals surface area contributed by atoms with E-state index in [1.54, 1.807) is 21.3 Å². The number of hydrogen-bond acceptors (Lipinski definition) is 4. The summed E-state index contributed by atoms with van der Waals surface area (Å²) in [5.41, 5.74) is 1.11. The van der Waals surface area contributed by atoms with Gasteiger partial charge in [0.05, 0.1) is 14.2 Å². The Morgan fingerprint density at radius 1 is 1.14 bits per heavy atom. The Morgan fingerprint density at radius 2 is 1.86 bits per heavy atom. The Hall–Kier alpha value is -1.95. The zero-order valence-electron chi connectivity index (χ0n) is 14.3. The predicted molar refractivity (Wildman–Crippen MR) is 90.9 cm³/mol. The van der Waals surface area contributed by atoms with E-state index < -0.39 is 0 Å². The van der Waals surface area contributed by atoms with Gasteiger partial charge in [-0.1, -0.05) is 6.07 Å². The van der Waals surface area contributed by atoms with Crippen molar-refractivity contribution in [1.82, 2.24) is 15.5 Å². The van der Waals surface area contributed by atoms with Gasteiger partial charge in [-0.3, -0.25) is 4.99 Å². The second kappa shape index (κ2) is 9.89. The Balaban J connectivity index is 2.46. The fourth-order valence-electron chi connectivity index (χ4n) is 2.00. The van der Waals surface area contributed by atoms with E-state index in [0.717, 1.165) is 42.5 Å². The first-order valence-corrected chi connectivity index (χ1v) is 7.40. The average molecular weight is 308 g/mol. The Bertz CT molecular complexity index is 475. The third-order valence-electron chi connectivity index (χ3n) is 3.21. The maximum absolute atomic E-state index is 5.31. The summed E-state index contributed by atoms with van der Waals surface area (Å²) < 4.78 is 10.5. The van der Waals surface area contributed by atoms with Gasteiger partial charge in [0, 0.05) is 20.1 Å². The molecule has 0 saturated carbocycles. The molecule has 0 saturated heterocycles. The van der Waals surface area contributed by atoms with Gasteiger partial charge < -0.3 is 25.0 Å². The molecule has 0 radical (unpaired) electrons. The van der Waals surface area contributed by atoms with Crippen molar-refractivity contribution in [3.05, 3.63) is 23.8 Å². The van der Waals surface area contributed by atoms with Crippen LogP contribution in [0.5, 0.6) is 11.5 Å². The third-order valence-corrected chi connectivity index (χ3v) is 3.21. The smallest absolute Gasteiger partial charge is 0.191 e. The molecule has 124 valence electrons. The quantitative estimate of drug-likeness (QED) is 0.431. The highest BCUT2D eigenvalue weighted by atomic mass is 16.5. The normalized spacial score (nSPS) is 11.5. The molecule has 0 bridgehead atoms. The molecular formula is C16H28N4O2. The molecule has 0 atom stereocenters. The number of nitrogens with zero attached hydrogens (tertiary/aromatic N) is 2. The molecule has 0 amide bonds. The summed E-state index contributed by atoms with van der Waals surface area (Å²) >= 11 is 0. The van der Waals surface area contributed by atoms with Crippen LogP contribution in [0.3, 0.4) is 0 Å². The molecule has 0 fully saturated rings. The predicted octanol–water partition coefficient (Wildman–Crippen LogP) is 1.32. The molecular weight excluding hydrogens is 280 g/mol. The highest BCUT2D eigenvalue weighted by molar-refractivity contribution is 5.79. The number of nitrogens with one attached hydrogen (secondary N) is 2. The SMILES string of the molecule is CN=C(NCCCN(C)C)NCc1ccc(OC)c(OC)c1. The molecule has 22 heavy (non-hydrogen) atoms. The Morgan fingerprint density at radius 3 is 2.45 bits per heavy atom. The zero-order valence-corrected chi connectivity index (χ0v) is 14.3. The summed E-state index contributed by atoms with van der Waals surface area (Å²) in [5, 5.41) is 6.59. The Kier molecular flexibility index (Phi) is 8.14. The molecule has 6 heteroatoms. The summed E-state index contributed by atoms with van der Waals surface area (Å²) in [7, 11) is 9.19. The van der Waals surface area contributed by atoms with Crippen LogP contribution in [0, 0.1) is 0 Å². The maximum atomic E-state index is 5.31. The number of aliphatic imine (C=N–C) groups is 1. The summed E-state index contributed by atoms with van der Waals surface area (Å²) in [6.07, 6.45) is 1.07. The van der Waals surface area contributed by atoms with Crippen molar-refractivity contribution in [1.29, 1.82) is 0 Å². The molecule has 0 aliphatic rings. The van der Waals surface area contributed by atoms with Crippen LogP contribution in [0.25, 0.3) is 0 Å². The lowest BCUT2D eigenvalue weighted by Gasteiger charge is -2.14. The van der Waals surface area contributed by atoms with Gasteiger partial charge in [0.25, 0.3) is 0 Å². The van der Waals surface area contributed by atoms with E-state index in [1.807, 2.05) is 18.2 Å². The Labute approximate surface area is 133 Å². The summed E-state index contributed by atoms with van der Waals surface area (Å²) in [5.74, 6) is 2.27. The van der Waals surface area contributed by atoms with Crippen molar-refractivity contribution < 1.29 is 9.47 Å². The largest absolute Gasteiger partial charge is 0.493 e. The summed E-state index contributed by atoms with van der Waals surface area (Å²) in [4.78, 5) is 6.39.